The van der Waals surface area contributed by atoms with E-state index in [4.69, 9.17) is 10.6 Å². The molecule has 1 aromatic carbocycles. The molecular weight excluding hydrogens is 268 g/mol. The van der Waals surface area contributed by atoms with Crippen molar-refractivity contribution in [1.82, 2.24) is 5.43 Å². The molecule has 90 valence electrons. The maximum atomic E-state index is 5.57. The summed E-state index contributed by atoms with van der Waals surface area (Å²) >= 11 is 3.48. The lowest BCUT2D eigenvalue weighted by Crippen LogP contribution is -2.32. The third-order valence-electron chi connectivity index (χ3n) is 2.26. The van der Waals surface area contributed by atoms with Gasteiger partial charge in [-0.3, -0.25) is 11.3 Å². The van der Waals surface area contributed by atoms with Crippen LogP contribution in [0, 0.1) is 6.92 Å². The predicted octanol–water partition coefficient (Wildman–Crippen LogP) is 2.69. The van der Waals surface area contributed by atoms with Crippen LogP contribution in [0.4, 0.5) is 0 Å². The summed E-state index contributed by atoms with van der Waals surface area (Å²) in [5.74, 6) is 5.55. The lowest BCUT2D eigenvalue weighted by atomic mass is 10.1. The molecule has 0 spiro atoms. The molecule has 0 bridgehead atoms. The zero-order valence-corrected chi connectivity index (χ0v) is 11.5. The highest BCUT2D eigenvalue weighted by Gasteiger charge is 2.11. The zero-order valence-electron chi connectivity index (χ0n) is 9.96. The van der Waals surface area contributed by atoms with Crippen molar-refractivity contribution in [2.45, 2.75) is 32.9 Å². The van der Waals surface area contributed by atoms with Gasteiger partial charge >= 0.3 is 0 Å². The number of hydrogen-bond donors (Lipinski definition) is 2. The van der Waals surface area contributed by atoms with Gasteiger partial charge in [0.25, 0.3) is 0 Å². The molecular formula is C12H19BrN2O. The normalized spacial score (nSPS) is 13.1. The highest BCUT2D eigenvalue weighted by atomic mass is 79.9. The lowest BCUT2D eigenvalue weighted by molar-refractivity contribution is 0.0611. The molecule has 0 saturated carbocycles. The van der Waals surface area contributed by atoms with Gasteiger partial charge in [-0.05, 0) is 44.0 Å². The molecule has 0 saturated heterocycles. The van der Waals surface area contributed by atoms with Crippen molar-refractivity contribution in [3.8, 4) is 0 Å². The van der Waals surface area contributed by atoms with Crippen molar-refractivity contribution in [3.05, 3.63) is 33.8 Å². The lowest BCUT2D eigenvalue weighted by Gasteiger charge is -2.19. The summed E-state index contributed by atoms with van der Waals surface area (Å²) in [4.78, 5) is 0. The van der Waals surface area contributed by atoms with Crippen LogP contribution < -0.4 is 11.3 Å². The topological polar surface area (TPSA) is 47.3 Å². The van der Waals surface area contributed by atoms with E-state index >= 15 is 0 Å². The first-order chi connectivity index (χ1) is 7.52. The molecule has 1 rings (SSSR count). The van der Waals surface area contributed by atoms with Gasteiger partial charge in [0.15, 0.2) is 0 Å². The Balaban J connectivity index is 2.78. The molecule has 0 aromatic heterocycles. The summed E-state index contributed by atoms with van der Waals surface area (Å²) in [6.07, 6.45) is 0.212. The number of aryl methyl sites for hydroxylation is 1. The number of nitrogens with two attached hydrogens (primary N) is 1. The molecule has 0 fully saturated rings. The van der Waals surface area contributed by atoms with Crippen molar-refractivity contribution in [2.75, 3.05) is 6.61 Å². The molecule has 0 radical (unpaired) electrons. The van der Waals surface area contributed by atoms with Crippen LogP contribution in [-0.4, -0.2) is 12.7 Å². The number of halogens is 1. The Morgan fingerprint density at radius 2 is 2.06 bits per heavy atom. The smallest absolute Gasteiger partial charge is 0.0694 e. The summed E-state index contributed by atoms with van der Waals surface area (Å²) in [6.45, 7) is 6.66. The average Bonchev–Trinajstić information content (AvgIpc) is 2.16. The number of ether oxygens (including phenoxy) is 1. The molecule has 1 unspecified atom stereocenters. The second-order valence-corrected chi connectivity index (χ2v) is 5.08. The molecule has 3 N–H and O–H groups in total. The van der Waals surface area contributed by atoms with Crippen molar-refractivity contribution in [2.24, 2.45) is 5.84 Å². The van der Waals surface area contributed by atoms with Gasteiger partial charge in [0.1, 0.15) is 0 Å². The highest BCUT2D eigenvalue weighted by molar-refractivity contribution is 9.10. The predicted molar refractivity (Wildman–Crippen MR) is 70.0 cm³/mol. The summed E-state index contributed by atoms with van der Waals surface area (Å²) in [5.41, 5.74) is 5.12. The Morgan fingerprint density at radius 3 is 2.56 bits per heavy atom. The van der Waals surface area contributed by atoms with Crippen LogP contribution in [0.3, 0.4) is 0 Å². The number of hydrogen-bond acceptors (Lipinski definition) is 3. The van der Waals surface area contributed by atoms with Crippen LogP contribution in [0.5, 0.6) is 0 Å². The molecule has 0 heterocycles. The summed E-state index contributed by atoms with van der Waals surface area (Å²) in [6, 6.07) is 6.26. The number of nitrogens with one attached hydrogen (secondary N) is 1. The molecule has 0 amide bonds. The molecule has 0 aliphatic carbocycles. The summed E-state index contributed by atoms with van der Waals surface area (Å²) in [5, 5.41) is 0. The third-order valence-corrected chi connectivity index (χ3v) is 2.72. The SMILES string of the molecule is Cc1cc(Br)cc(C(COC(C)C)NN)c1. The summed E-state index contributed by atoms with van der Waals surface area (Å²) < 4.78 is 6.63. The minimum atomic E-state index is 0.0265. The monoisotopic (exact) mass is 286 g/mol. The second kappa shape index (κ2) is 6.35. The number of rotatable bonds is 5. The Kier molecular flexibility index (Phi) is 5.41. The molecule has 0 aliphatic rings. The van der Waals surface area contributed by atoms with Crippen LogP contribution in [-0.2, 0) is 4.74 Å². The number of hydrazine groups is 1. The maximum Gasteiger partial charge on any atom is 0.0694 e. The van der Waals surface area contributed by atoms with E-state index in [0.29, 0.717) is 6.61 Å². The van der Waals surface area contributed by atoms with Gasteiger partial charge in [0.2, 0.25) is 0 Å². The van der Waals surface area contributed by atoms with Crippen LogP contribution in [0.2, 0.25) is 0 Å². The standard InChI is InChI=1S/C12H19BrN2O/c1-8(2)16-7-12(15-14)10-4-9(3)5-11(13)6-10/h4-6,8,12,15H,7,14H2,1-3H3. The Bertz CT molecular complexity index is 322. The Labute approximate surface area is 105 Å². The molecule has 1 aromatic rings. The van der Waals surface area contributed by atoms with E-state index in [-0.39, 0.29) is 12.1 Å². The first-order valence-corrected chi connectivity index (χ1v) is 6.17. The molecule has 0 aliphatic heterocycles. The van der Waals surface area contributed by atoms with E-state index in [2.05, 4.69) is 46.5 Å². The van der Waals surface area contributed by atoms with Crippen LogP contribution in [0.25, 0.3) is 0 Å². The number of benzene rings is 1. The van der Waals surface area contributed by atoms with Crippen molar-refractivity contribution >= 4 is 15.9 Å². The van der Waals surface area contributed by atoms with Crippen molar-refractivity contribution < 1.29 is 4.74 Å². The van der Waals surface area contributed by atoms with E-state index in [0.717, 1.165) is 10.0 Å². The first kappa shape index (κ1) is 13.6. The molecule has 16 heavy (non-hydrogen) atoms. The fourth-order valence-electron chi connectivity index (χ4n) is 1.50. The third kappa shape index (κ3) is 4.22. The quantitative estimate of drug-likeness (QED) is 0.646. The second-order valence-electron chi connectivity index (χ2n) is 4.16. The van der Waals surface area contributed by atoms with Crippen LogP contribution in [0.15, 0.2) is 22.7 Å². The van der Waals surface area contributed by atoms with Gasteiger partial charge in [-0.25, -0.2) is 0 Å². The van der Waals surface area contributed by atoms with Crippen LogP contribution >= 0.6 is 15.9 Å². The molecule has 4 heteroatoms. The molecule has 3 nitrogen and oxygen atoms in total. The van der Waals surface area contributed by atoms with Gasteiger partial charge in [0, 0.05) is 4.47 Å². The fraction of sp³-hybridized carbons (Fsp3) is 0.500. The van der Waals surface area contributed by atoms with E-state index in [1.165, 1.54) is 5.56 Å². The van der Waals surface area contributed by atoms with Crippen molar-refractivity contribution in [1.29, 1.82) is 0 Å². The van der Waals surface area contributed by atoms with Gasteiger partial charge in [-0.15, -0.1) is 0 Å². The fourth-order valence-corrected chi connectivity index (χ4v) is 2.12. The summed E-state index contributed by atoms with van der Waals surface area (Å²) in [7, 11) is 0. The van der Waals surface area contributed by atoms with Gasteiger partial charge in [-0.2, -0.15) is 0 Å². The highest BCUT2D eigenvalue weighted by Crippen LogP contribution is 2.20. The van der Waals surface area contributed by atoms with E-state index < -0.39 is 0 Å². The minimum absolute atomic E-state index is 0.0265. The Hall–Kier alpha value is -0.420. The largest absolute Gasteiger partial charge is 0.377 e. The van der Waals surface area contributed by atoms with Crippen molar-refractivity contribution in [3.63, 3.8) is 0 Å². The van der Waals surface area contributed by atoms with E-state index in [9.17, 15) is 0 Å². The minimum Gasteiger partial charge on any atom is -0.377 e. The van der Waals surface area contributed by atoms with E-state index in [1.807, 2.05) is 13.8 Å². The zero-order chi connectivity index (χ0) is 12.1. The molecule has 1 atom stereocenters. The van der Waals surface area contributed by atoms with Gasteiger partial charge < -0.3 is 4.74 Å². The maximum absolute atomic E-state index is 5.57. The Morgan fingerprint density at radius 1 is 1.38 bits per heavy atom. The average molecular weight is 287 g/mol. The van der Waals surface area contributed by atoms with Gasteiger partial charge in [-0.1, -0.05) is 22.0 Å². The van der Waals surface area contributed by atoms with E-state index in [1.54, 1.807) is 0 Å². The first-order valence-electron chi connectivity index (χ1n) is 5.37. The van der Waals surface area contributed by atoms with Crippen LogP contribution in [0.1, 0.15) is 31.0 Å². The van der Waals surface area contributed by atoms with Gasteiger partial charge in [0.05, 0.1) is 18.8 Å².